The molecule has 3 heterocycles. The van der Waals surface area contributed by atoms with E-state index in [1.807, 2.05) is 36.9 Å². The van der Waals surface area contributed by atoms with E-state index in [0.717, 1.165) is 29.4 Å². The van der Waals surface area contributed by atoms with Gasteiger partial charge in [-0.15, -0.1) is 0 Å². The summed E-state index contributed by atoms with van der Waals surface area (Å²) in [5, 5.41) is 13.8. The Labute approximate surface area is 186 Å². The average molecular weight is 437 g/mol. The normalized spacial score (nSPS) is 16.2. The van der Waals surface area contributed by atoms with E-state index in [0.29, 0.717) is 31.3 Å². The highest BCUT2D eigenvalue weighted by atomic mass is 16.4. The number of aromatic amines is 1. The van der Waals surface area contributed by atoms with E-state index in [1.165, 1.54) is 0 Å². The third kappa shape index (κ3) is 4.57. The molecular formula is C23H28N6O3. The van der Waals surface area contributed by atoms with E-state index < -0.39 is 12.0 Å². The number of anilines is 2. The van der Waals surface area contributed by atoms with Gasteiger partial charge in [0.1, 0.15) is 6.04 Å². The van der Waals surface area contributed by atoms with Gasteiger partial charge in [-0.25, -0.2) is 9.97 Å². The van der Waals surface area contributed by atoms with Crippen molar-refractivity contribution in [3.8, 4) is 0 Å². The SMILES string of the molecule is CC(C)C(=O)Nc1ccc2c(C(C(=O)O)N3CCCN(c4ncccn4)CC3)c[nH]c2c1. The molecule has 1 atom stereocenters. The number of carboxylic acids is 1. The fraction of sp³-hybridized carbons (Fsp3) is 0.391. The monoisotopic (exact) mass is 436 g/mol. The summed E-state index contributed by atoms with van der Waals surface area (Å²) < 4.78 is 0. The molecule has 0 radical (unpaired) electrons. The van der Waals surface area contributed by atoms with E-state index >= 15 is 0 Å². The van der Waals surface area contributed by atoms with Crippen LogP contribution in [0.1, 0.15) is 31.9 Å². The Balaban J connectivity index is 1.56. The van der Waals surface area contributed by atoms with Crippen molar-refractivity contribution in [3.05, 3.63) is 48.4 Å². The number of nitrogens with zero attached hydrogens (tertiary/aromatic N) is 4. The number of carbonyl (C=O) groups excluding carboxylic acids is 1. The fourth-order valence-electron chi connectivity index (χ4n) is 4.08. The third-order valence-corrected chi connectivity index (χ3v) is 5.76. The maximum Gasteiger partial charge on any atom is 0.325 e. The van der Waals surface area contributed by atoms with Crippen LogP contribution in [0.5, 0.6) is 0 Å². The minimum atomic E-state index is -0.882. The fourth-order valence-corrected chi connectivity index (χ4v) is 4.08. The quantitative estimate of drug-likeness (QED) is 0.544. The number of nitrogens with one attached hydrogen (secondary N) is 2. The number of rotatable bonds is 6. The van der Waals surface area contributed by atoms with Crippen LogP contribution in [0, 0.1) is 5.92 Å². The van der Waals surface area contributed by atoms with Gasteiger partial charge in [0.2, 0.25) is 11.9 Å². The first-order chi connectivity index (χ1) is 15.4. The van der Waals surface area contributed by atoms with Gasteiger partial charge in [-0.3, -0.25) is 14.5 Å². The molecule has 1 aromatic carbocycles. The Morgan fingerprint density at radius 2 is 1.91 bits per heavy atom. The highest BCUT2D eigenvalue weighted by Gasteiger charge is 2.31. The number of H-pyrrole nitrogens is 1. The summed E-state index contributed by atoms with van der Waals surface area (Å²) in [5.74, 6) is -0.391. The molecule has 0 bridgehead atoms. The van der Waals surface area contributed by atoms with Crippen LogP contribution in [-0.4, -0.2) is 63.0 Å². The van der Waals surface area contributed by atoms with Crippen LogP contribution in [0.25, 0.3) is 10.9 Å². The maximum atomic E-state index is 12.3. The molecule has 1 unspecified atom stereocenters. The summed E-state index contributed by atoms with van der Waals surface area (Å²) in [6, 6.07) is 6.54. The molecule has 3 N–H and O–H groups in total. The highest BCUT2D eigenvalue weighted by molar-refractivity contribution is 5.96. The lowest BCUT2D eigenvalue weighted by Gasteiger charge is -2.27. The van der Waals surface area contributed by atoms with E-state index in [1.54, 1.807) is 24.7 Å². The molecule has 1 aliphatic heterocycles. The van der Waals surface area contributed by atoms with Crippen LogP contribution in [0.4, 0.5) is 11.6 Å². The van der Waals surface area contributed by atoms with Gasteiger partial charge in [-0.05, 0) is 24.6 Å². The van der Waals surface area contributed by atoms with E-state index in [-0.39, 0.29) is 11.8 Å². The first-order valence-corrected chi connectivity index (χ1v) is 10.8. The van der Waals surface area contributed by atoms with E-state index in [9.17, 15) is 14.7 Å². The van der Waals surface area contributed by atoms with Gasteiger partial charge in [0.05, 0.1) is 0 Å². The molecular weight excluding hydrogens is 408 g/mol. The molecule has 32 heavy (non-hydrogen) atoms. The van der Waals surface area contributed by atoms with Gasteiger partial charge in [-0.1, -0.05) is 19.9 Å². The van der Waals surface area contributed by atoms with Crippen LogP contribution >= 0.6 is 0 Å². The number of amides is 1. The van der Waals surface area contributed by atoms with Crippen LogP contribution in [0.3, 0.4) is 0 Å². The van der Waals surface area contributed by atoms with Crippen molar-refractivity contribution < 1.29 is 14.7 Å². The lowest BCUT2D eigenvalue weighted by Crippen LogP contribution is -2.37. The van der Waals surface area contributed by atoms with Crippen molar-refractivity contribution in [2.24, 2.45) is 5.92 Å². The second-order valence-electron chi connectivity index (χ2n) is 8.31. The molecule has 1 fully saturated rings. The van der Waals surface area contributed by atoms with Gasteiger partial charge in [0.15, 0.2) is 0 Å². The van der Waals surface area contributed by atoms with Gasteiger partial charge >= 0.3 is 5.97 Å². The molecule has 1 saturated heterocycles. The zero-order valence-corrected chi connectivity index (χ0v) is 18.3. The number of carboxylic acid groups (broad SMARTS) is 1. The number of hydrogen-bond donors (Lipinski definition) is 3. The predicted octanol–water partition coefficient (Wildman–Crippen LogP) is 2.89. The predicted molar refractivity (Wildman–Crippen MR) is 123 cm³/mol. The number of benzene rings is 1. The van der Waals surface area contributed by atoms with Crippen LogP contribution in [0.15, 0.2) is 42.9 Å². The first kappa shape index (κ1) is 21.8. The maximum absolute atomic E-state index is 12.3. The largest absolute Gasteiger partial charge is 0.480 e. The van der Waals surface area contributed by atoms with Gasteiger partial charge in [0, 0.05) is 72.8 Å². The lowest BCUT2D eigenvalue weighted by atomic mass is 10.0. The van der Waals surface area contributed by atoms with Crippen molar-refractivity contribution in [1.29, 1.82) is 0 Å². The smallest absolute Gasteiger partial charge is 0.325 e. The number of hydrogen-bond acceptors (Lipinski definition) is 6. The summed E-state index contributed by atoms with van der Waals surface area (Å²) >= 11 is 0. The number of aliphatic carboxylic acids is 1. The van der Waals surface area contributed by atoms with Crippen LogP contribution < -0.4 is 10.2 Å². The molecule has 1 amide bonds. The summed E-state index contributed by atoms with van der Waals surface area (Å²) in [6.07, 6.45) is 6.01. The minimum absolute atomic E-state index is 0.0592. The molecule has 4 rings (SSSR count). The van der Waals surface area contributed by atoms with Crippen molar-refractivity contribution in [2.45, 2.75) is 26.3 Å². The van der Waals surface area contributed by atoms with E-state index in [2.05, 4.69) is 25.2 Å². The molecule has 9 heteroatoms. The van der Waals surface area contributed by atoms with Crippen molar-refractivity contribution in [1.82, 2.24) is 19.9 Å². The molecule has 9 nitrogen and oxygen atoms in total. The van der Waals surface area contributed by atoms with Gasteiger partial charge in [0.25, 0.3) is 0 Å². The zero-order chi connectivity index (χ0) is 22.7. The Hall–Kier alpha value is -3.46. The molecule has 1 aliphatic rings. The highest BCUT2D eigenvalue weighted by Crippen LogP contribution is 2.31. The molecule has 0 saturated carbocycles. The molecule has 0 aliphatic carbocycles. The van der Waals surface area contributed by atoms with Crippen LogP contribution in [0.2, 0.25) is 0 Å². The standard InChI is InChI=1S/C23H28N6O3/c1-15(2)21(30)27-16-5-6-17-18(14-26-19(17)13-16)20(22(31)32)28-9-4-10-29(12-11-28)23-24-7-3-8-25-23/h3,5-8,13-15,20,26H,4,9-12H2,1-2H3,(H,27,30)(H,31,32). The Morgan fingerprint density at radius 1 is 1.12 bits per heavy atom. The van der Waals surface area contributed by atoms with E-state index in [4.69, 9.17) is 0 Å². The van der Waals surface area contributed by atoms with Crippen molar-refractivity contribution >= 4 is 34.4 Å². The summed E-state index contributed by atoms with van der Waals surface area (Å²) in [4.78, 5) is 40.3. The molecule has 2 aromatic heterocycles. The average Bonchev–Trinajstić information content (AvgIpc) is 3.02. The Morgan fingerprint density at radius 3 is 2.62 bits per heavy atom. The topological polar surface area (TPSA) is 114 Å². The Bertz CT molecular complexity index is 1100. The lowest BCUT2D eigenvalue weighted by molar-refractivity contribution is -0.143. The minimum Gasteiger partial charge on any atom is -0.480 e. The molecule has 168 valence electrons. The number of carbonyl (C=O) groups is 2. The number of aromatic nitrogens is 3. The van der Waals surface area contributed by atoms with Crippen LogP contribution in [-0.2, 0) is 9.59 Å². The van der Waals surface area contributed by atoms with Crippen molar-refractivity contribution in [3.63, 3.8) is 0 Å². The van der Waals surface area contributed by atoms with Gasteiger partial charge < -0.3 is 20.3 Å². The third-order valence-electron chi connectivity index (χ3n) is 5.76. The second-order valence-corrected chi connectivity index (χ2v) is 8.31. The van der Waals surface area contributed by atoms with Crippen molar-refractivity contribution in [2.75, 3.05) is 36.4 Å². The molecule has 0 spiro atoms. The first-order valence-electron chi connectivity index (χ1n) is 10.8. The van der Waals surface area contributed by atoms with Gasteiger partial charge in [-0.2, -0.15) is 0 Å². The zero-order valence-electron chi connectivity index (χ0n) is 18.3. The number of fused-ring (bicyclic) bond motifs is 1. The summed E-state index contributed by atoms with van der Waals surface area (Å²) in [6.45, 7) is 6.36. The summed E-state index contributed by atoms with van der Waals surface area (Å²) in [7, 11) is 0. The summed E-state index contributed by atoms with van der Waals surface area (Å²) in [5.41, 5.74) is 2.20. The molecule has 3 aromatic rings. The second kappa shape index (κ2) is 9.35. The Kier molecular flexibility index (Phi) is 6.36.